The van der Waals surface area contributed by atoms with E-state index in [0.29, 0.717) is 6.54 Å². The van der Waals surface area contributed by atoms with E-state index in [1.807, 2.05) is 0 Å². The van der Waals surface area contributed by atoms with Crippen molar-refractivity contribution in [3.63, 3.8) is 0 Å². The molecule has 1 heterocycles. The molecule has 2 rings (SSSR count). The van der Waals surface area contributed by atoms with Crippen LogP contribution in [0.2, 0.25) is 0 Å². The van der Waals surface area contributed by atoms with Crippen LogP contribution in [0.5, 0.6) is 0 Å². The highest BCUT2D eigenvalue weighted by Gasteiger charge is 2.21. The van der Waals surface area contributed by atoms with Gasteiger partial charge in [0.05, 0.1) is 6.61 Å². The lowest BCUT2D eigenvalue weighted by atomic mass is 10.0. The number of aliphatic hydroxyl groups is 1. The van der Waals surface area contributed by atoms with Crippen LogP contribution in [0, 0.1) is 6.92 Å². The molecule has 0 bridgehead atoms. The molecule has 0 saturated carbocycles. The summed E-state index contributed by atoms with van der Waals surface area (Å²) in [5.41, 5.74) is 2.46. The van der Waals surface area contributed by atoms with E-state index in [2.05, 4.69) is 46.7 Å². The average Bonchev–Trinajstić information content (AvgIpc) is 2.46. The molecule has 2 amide bonds. The third-order valence-corrected chi connectivity index (χ3v) is 3.55. The zero-order valence-corrected chi connectivity index (χ0v) is 11.9. The van der Waals surface area contributed by atoms with E-state index < -0.39 is 0 Å². The van der Waals surface area contributed by atoms with Gasteiger partial charge < -0.3 is 20.6 Å². The van der Waals surface area contributed by atoms with E-state index in [-0.39, 0.29) is 18.7 Å². The van der Waals surface area contributed by atoms with Crippen molar-refractivity contribution in [1.29, 1.82) is 0 Å². The molecule has 1 aromatic rings. The lowest BCUT2D eigenvalue weighted by molar-refractivity contribution is 0.229. The van der Waals surface area contributed by atoms with Gasteiger partial charge in [0.2, 0.25) is 0 Å². The number of aryl methyl sites for hydroxylation is 1. The van der Waals surface area contributed by atoms with Crippen molar-refractivity contribution in [2.24, 2.45) is 0 Å². The summed E-state index contributed by atoms with van der Waals surface area (Å²) in [7, 11) is 0. The Labute approximate surface area is 120 Å². The number of nitrogens with zero attached hydrogens (tertiary/aromatic N) is 1. The molecule has 1 unspecified atom stereocenters. The van der Waals surface area contributed by atoms with Crippen LogP contribution in [0.3, 0.4) is 0 Å². The molecule has 0 radical (unpaired) electrons. The van der Waals surface area contributed by atoms with E-state index in [4.69, 9.17) is 5.11 Å². The number of benzene rings is 1. The summed E-state index contributed by atoms with van der Waals surface area (Å²) in [4.78, 5) is 13.9. The maximum absolute atomic E-state index is 11.6. The number of urea groups is 1. The molecular weight excluding hydrogens is 254 g/mol. The summed E-state index contributed by atoms with van der Waals surface area (Å²) in [5.74, 6) is 0. The Morgan fingerprint density at radius 2 is 2.15 bits per heavy atom. The van der Waals surface area contributed by atoms with E-state index in [1.54, 1.807) is 0 Å². The lowest BCUT2D eigenvalue weighted by Crippen LogP contribution is -2.51. The Kier molecular flexibility index (Phi) is 5.24. The quantitative estimate of drug-likeness (QED) is 0.776. The number of hydrogen-bond acceptors (Lipinski definition) is 3. The second-order valence-corrected chi connectivity index (χ2v) is 5.24. The fourth-order valence-corrected chi connectivity index (χ4v) is 2.49. The highest BCUT2D eigenvalue weighted by Crippen LogP contribution is 2.20. The SMILES string of the molecule is Cc1ccc(N2CCCC(NC(=O)NCCO)C2)cc1. The van der Waals surface area contributed by atoms with Crippen LogP contribution < -0.4 is 15.5 Å². The first-order chi connectivity index (χ1) is 9.69. The van der Waals surface area contributed by atoms with Crippen molar-refractivity contribution in [2.45, 2.75) is 25.8 Å². The fourth-order valence-electron chi connectivity index (χ4n) is 2.49. The van der Waals surface area contributed by atoms with Crippen molar-refractivity contribution in [3.8, 4) is 0 Å². The van der Waals surface area contributed by atoms with Crippen LogP contribution in [0.4, 0.5) is 10.5 Å². The minimum absolute atomic E-state index is 0.0341. The number of carbonyl (C=O) groups is 1. The summed E-state index contributed by atoms with van der Waals surface area (Å²) < 4.78 is 0. The summed E-state index contributed by atoms with van der Waals surface area (Å²) in [5, 5.41) is 14.3. The Morgan fingerprint density at radius 3 is 2.85 bits per heavy atom. The Bertz CT molecular complexity index is 433. The number of aliphatic hydroxyl groups excluding tert-OH is 1. The molecule has 0 aromatic heterocycles. The molecule has 0 spiro atoms. The Balaban J connectivity index is 1.88. The molecular formula is C15H23N3O2. The number of nitrogens with one attached hydrogen (secondary N) is 2. The van der Waals surface area contributed by atoms with Crippen LogP contribution in [0.1, 0.15) is 18.4 Å². The molecule has 20 heavy (non-hydrogen) atoms. The number of anilines is 1. The van der Waals surface area contributed by atoms with Crippen LogP contribution in [0.25, 0.3) is 0 Å². The van der Waals surface area contributed by atoms with Gasteiger partial charge in [-0.3, -0.25) is 0 Å². The van der Waals surface area contributed by atoms with Crippen molar-refractivity contribution in [2.75, 3.05) is 31.1 Å². The van der Waals surface area contributed by atoms with Crippen molar-refractivity contribution >= 4 is 11.7 Å². The van der Waals surface area contributed by atoms with Crippen LogP contribution in [-0.4, -0.2) is 43.4 Å². The van der Waals surface area contributed by atoms with Gasteiger partial charge in [-0.1, -0.05) is 17.7 Å². The van der Waals surface area contributed by atoms with Crippen molar-refractivity contribution in [3.05, 3.63) is 29.8 Å². The van der Waals surface area contributed by atoms with Gasteiger partial charge in [-0.05, 0) is 31.9 Å². The monoisotopic (exact) mass is 277 g/mol. The largest absolute Gasteiger partial charge is 0.395 e. The predicted octanol–water partition coefficient (Wildman–Crippen LogP) is 1.26. The first kappa shape index (κ1) is 14.7. The molecule has 3 N–H and O–H groups in total. The van der Waals surface area contributed by atoms with E-state index in [9.17, 15) is 4.79 Å². The third kappa shape index (κ3) is 4.13. The summed E-state index contributed by atoms with van der Waals surface area (Å²) >= 11 is 0. The third-order valence-electron chi connectivity index (χ3n) is 3.55. The van der Waals surface area contributed by atoms with E-state index >= 15 is 0 Å². The van der Waals surface area contributed by atoms with Crippen molar-refractivity contribution < 1.29 is 9.90 Å². The summed E-state index contributed by atoms with van der Waals surface area (Å²) in [6, 6.07) is 8.44. The van der Waals surface area contributed by atoms with E-state index in [1.165, 1.54) is 11.3 Å². The van der Waals surface area contributed by atoms with Gasteiger partial charge in [0.25, 0.3) is 0 Å². The second-order valence-electron chi connectivity index (χ2n) is 5.24. The number of hydrogen-bond donors (Lipinski definition) is 3. The zero-order chi connectivity index (χ0) is 14.4. The molecule has 1 aliphatic heterocycles. The smallest absolute Gasteiger partial charge is 0.315 e. The first-order valence-electron chi connectivity index (χ1n) is 7.16. The van der Waals surface area contributed by atoms with Gasteiger partial charge in [-0.15, -0.1) is 0 Å². The minimum atomic E-state index is -0.199. The fraction of sp³-hybridized carbons (Fsp3) is 0.533. The number of amides is 2. The average molecular weight is 277 g/mol. The molecule has 5 heteroatoms. The number of piperidine rings is 1. The molecule has 110 valence electrons. The van der Waals surface area contributed by atoms with Crippen LogP contribution >= 0.6 is 0 Å². The molecule has 1 aliphatic rings. The van der Waals surface area contributed by atoms with Crippen LogP contribution in [0.15, 0.2) is 24.3 Å². The Morgan fingerprint density at radius 1 is 1.40 bits per heavy atom. The molecule has 1 aromatic carbocycles. The van der Waals surface area contributed by atoms with Gasteiger partial charge in [0.1, 0.15) is 0 Å². The number of carbonyl (C=O) groups excluding carboxylic acids is 1. The molecule has 1 fully saturated rings. The zero-order valence-electron chi connectivity index (χ0n) is 11.9. The van der Waals surface area contributed by atoms with Crippen molar-refractivity contribution in [1.82, 2.24) is 10.6 Å². The normalized spacial score (nSPS) is 18.7. The number of rotatable bonds is 4. The van der Waals surface area contributed by atoms with Gasteiger partial charge in [-0.25, -0.2) is 4.79 Å². The Hall–Kier alpha value is -1.75. The maximum atomic E-state index is 11.6. The molecule has 1 atom stereocenters. The first-order valence-corrected chi connectivity index (χ1v) is 7.16. The van der Waals surface area contributed by atoms with Gasteiger partial charge >= 0.3 is 6.03 Å². The topological polar surface area (TPSA) is 64.6 Å². The minimum Gasteiger partial charge on any atom is -0.395 e. The summed E-state index contributed by atoms with van der Waals surface area (Å²) in [6.07, 6.45) is 2.06. The van der Waals surface area contributed by atoms with Gasteiger partial charge in [0.15, 0.2) is 0 Å². The molecule has 5 nitrogen and oxygen atoms in total. The standard InChI is InChI=1S/C15H23N3O2/c1-12-4-6-14(7-5-12)18-9-2-3-13(11-18)17-15(20)16-8-10-19/h4-7,13,19H,2-3,8-11H2,1H3,(H2,16,17,20). The lowest BCUT2D eigenvalue weighted by Gasteiger charge is -2.34. The van der Waals surface area contributed by atoms with Crippen LogP contribution in [-0.2, 0) is 0 Å². The van der Waals surface area contributed by atoms with Gasteiger partial charge in [0, 0.05) is 31.4 Å². The predicted molar refractivity (Wildman–Crippen MR) is 80.0 cm³/mol. The molecule has 0 aliphatic carbocycles. The highest BCUT2D eigenvalue weighted by atomic mass is 16.3. The maximum Gasteiger partial charge on any atom is 0.315 e. The summed E-state index contributed by atoms with van der Waals surface area (Å²) in [6.45, 7) is 4.19. The van der Waals surface area contributed by atoms with Gasteiger partial charge in [-0.2, -0.15) is 0 Å². The highest BCUT2D eigenvalue weighted by molar-refractivity contribution is 5.74. The van der Waals surface area contributed by atoms with E-state index in [0.717, 1.165) is 25.9 Å². The second kappa shape index (κ2) is 7.14. The molecule has 1 saturated heterocycles.